The molecule has 2 aromatic heterocycles. The Labute approximate surface area is 88.4 Å². The van der Waals surface area contributed by atoms with Gasteiger partial charge in [0.05, 0.1) is 18.2 Å². The first-order valence-electron chi connectivity index (χ1n) is 4.91. The minimum atomic E-state index is 0.850. The maximum absolute atomic E-state index is 5.04. The number of rotatable bonds is 3. The lowest BCUT2D eigenvalue weighted by molar-refractivity contribution is 0.568. The van der Waals surface area contributed by atoms with Crippen LogP contribution in [-0.4, -0.2) is 16.5 Å². The third-order valence-electron chi connectivity index (χ3n) is 2.22. The van der Waals surface area contributed by atoms with Gasteiger partial charge in [0, 0.05) is 17.7 Å². The first kappa shape index (κ1) is 9.71. The van der Waals surface area contributed by atoms with Gasteiger partial charge in [0.25, 0.3) is 0 Å². The average molecular weight is 203 g/mol. The van der Waals surface area contributed by atoms with Crippen LogP contribution < -0.4 is 5.32 Å². The topological polar surface area (TPSA) is 51.0 Å². The summed E-state index contributed by atoms with van der Waals surface area (Å²) >= 11 is 0. The summed E-state index contributed by atoms with van der Waals surface area (Å²) in [5.74, 6) is 0.878. The highest BCUT2D eigenvalue weighted by molar-refractivity contribution is 5.66. The quantitative estimate of drug-likeness (QED) is 0.832. The summed E-state index contributed by atoms with van der Waals surface area (Å²) in [5.41, 5.74) is 2.93. The van der Waals surface area contributed by atoms with Gasteiger partial charge in [-0.1, -0.05) is 0 Å². The van der Waals surface area contributed by atoms with E-state index < -0.39 is 0 Å². The lowest BCUT2D eigenvalue weighted by atomic mass is 10.1. The van der Waals surface area contributed by atoms with E-state index in [1.165, 1.54) is 0 Å². The van der Waals surface area contributed by atoms with Crippen molar-refractivity contribution < 1.29 is 4.42 Å². The number of hydrogen-bond donors (Lipinski definition) is 1. The Morgan fingerprint density at radius 1 is 1.40 bits per heavy atom. The summed E-state index contributed by atoms with van der Waals surface area (Å²) in [6.45, 7) is 4.89. The minimum Gasteiger partial charge on any atom is -0.472 e. The average Bonchev–Trinajstić information content (AvgIpc) is 2.74. The molecular weight excluding hydrogens is 190 g/mol. The molecule has 0 unspecified atom stereocenters. The Morgan fingerprint density at radius 2 is 2.27 bits per heavy atom. The second kappa shape index (κ2) is 4.13. The first-order valence-corrected chi connectivity index (χ1v) is 4.91. The lowest BCUT2D eigenvalue weighted by Gasteiger charge is -2.08. The molecule has 1 N–H and O–H groups in total. The molecule has 2 aromatic rings. The fourth-order valence-electron chi connectivity index (χ4n) is 1.49. The van der Waals surface area contributed by atoms with Crippen molar-refractivity contribution in [3.8, 4) is 11.3 Å². The van der Waals surface area contributed by atoms with Gasteiger partial charge in [-0.3, -0.25) is 0 Å². The fraction of sp³-hybridized carbons (Fsp3) is 0.273. The van der Waals surface area contributed by atoms with Gasteiger partial charge in [-0.05, 0) is 19.9 Å². The fourth-order valence-corrected chi connectivity index (χ4v) is 1.49. The second-order valence-electron chi connectivity index (χ2n) is 3.24. The van der Waals surface area contributed by atoms with Gasteiger partial charge in [-0.15, -0.1) is 0 Å². The van der Waals surface area contributed by atoms with Crippen molar-refractivity contribution >= 4 is 5.82 Å². The van der Waals surface area contributed by atoms with Crippen molar-refractivity contribution in [2.24, 2.45) is 0 Å². The zero-order valence-corrected chi connectivity index (χ0v) is 8.82. The summed E-state index contributed by atoms with van der Waals surface area (Å²) in [6.07, 6.45) is 4.89. The molecule has 0 amide bonds. The number of nitrogens with one attached hydrogen (secondary N) is 1. The second-order valence-corrected chi connectivity index (χ2v) is 3.24. The van der Waals surface area contributed by atoms with Crippen LogP contribution in [0.2, 0.25) is 0 Å². The highest BCUT2D eigenvalue weighted by atomic mass is 16.3. The highest BCUT2D eigenvalue weighted by Gasteiger charge is 2.08. The number of aromatic nitrogens is 2. The number of furan rings is 1. The molecule has 78 valence electrons. The standard InChI is InChI=1S/C11H13N3O/c1-3-12-11-8(2)10(13-7-14-11)9-4-5-15-6-9/h4-7H,3H2,1-2H3,(H,12,13,14). The van der Waals surface area contributed by atoms with E-state index in [9.17, 15) is 0 Å². The van der Waals surface area contributed by atoms with Crippen LogP contribution in [0.25, 0.3) is 11.3 Å². The van der Waals surface area contributed by atoms with Gasteiger partial charge in [-0.2, -0.15) is 0 Å². The summed E-state index contributed by atoms with van der Waals surface area (Å²) in [7, 11) is 0. The monoisotopic (exact) mass is 203 g/mol. The van der Waals surface area contributed by atoms with Crippen LogP contribution in [0.1, 0.15) is 12.5 Å². The van der Waals surface area contributed by atoms with Crippen LogP contribution in [0.5, 0.6) is 0 Å². The largest absolute Gasteiger partial charge is 0.472 e. The van der Waals surface area contributed by atoms with E-state index in [1.54, 1.807) is 18.9 Å². The van der Waals surface area contributed by atoms with Gasteiger partial charge in [0.15, 0.2) is 0 Å². The molecule has 0 saturated carbocycles. The zero-order chi connectivity index (χ0) is 10.7. The molecule has 15 heavy (non-hydrogen) atoms. The molecule has 4 heteroatoms. The van der Waals surface area contributed by atoms with E-state index in [0.29, 0.717) is 0 Å². The van der Waals surface area contributed by atoms with Crippen LogP contribution in [0.4, 0.5) is 5.82 Å². The molecule has 0 bridgehead atoms. The molecule has 4 nitrogen and oxygen atoms in total. The smallest absolute Gasteiger partial charge is 0.132 e. The predicted molar refractivity (Wildman–Crippen MR) is 58.6 cm³/mol. The summed E-state index contributed by atoms with van der Waals surface area (Å²) in [4.78, 5) is 8.44. The van der Waals surface area contributed by atoms with Gasteiger partial charge in [-0.25, -0.2) is 9.97 Å². The summed E-state index contributed by atoms with van der Waals surface area (Å²) in [5, 5.41) is 3.20. The molecule has 0 aliphatic rings. The van der Waals surface area contributed by atoms with Crippen LogP contribution >= 0.6 is 0 Å². The Balaban J connectivity index is 2.45. The van der Waals surface area contributed by atoms with Crippen molar-refractivity contribution in [3.63, 3.8) is 0 Å². The SMILES string of the molecule is CCNc1ncnc(-c2ccoc2)c1C. The molecule has 0 aliphatic carbocycles. The van der Waals surface area contributed by atoms with Gasteiger partial charge in [0.1, 0.15) is 12.1 Å². The van der Waals surface area contributed by atoms with Crippen molar-refractivity contribution in [1.82, 2.24) is 9.97 Å². The first-order chi connectivity index (χ1) is 7.33. The molecule has 0 saturated heterocycles. The molecule has 0 atom stereocenters. The maximum atomic E-state index is 5.04. The van der Waals surface area contributed by atoms with E-state index in [0.717, 1.165) is 29.2 Å². The van der Waals surface area contributed by atoms with Crippen molar-refractivity contribution in [3.05, 3.63) is 30.5 Å². The Hall–Kier alpha value is -1.84. The molecule has 0 fully saturated rings. The summed E-state index contributed by atoms with van der Waals surface area (Å²) < 4.78 is 5.04. The van der Waals surface area contributed by atoms with Gasteiger partial charge < -0.3 is 9.73 Å². The van der Waals surface area contributed by atoms with E-state index in [4.69, 9.17) is 4.42 Å². The van der Waals surface area contributed by atoms with Crippen LogP contribution in [0, 0.1) is 6.92 Å². The van der Waals surface area contributed by atoms with Crippen LogP contribution in [0.3, 0.4) is 0 Å². The van der Waals surface area contributed by atoms with E-state index in [1.807, 2.05) is 19.9 Å². The number of anilines is 1. The molecule has 0 aromatic carbocycles. The van der Waals surface area contributed by atoms with Crippen LogP contribution in [0.15, 0.2) is 29.3 Å². The normalized spacial score (nSPS) is 10.3. The Bertz CT molecular complexity index is 437. The molecule has 0 radical (unpaired) electrons. The van der Waals surface area contributed by atoms with Crippen molar-refractivity contribution in [2.45, 2.75) is 13.8 Å². The highest BCUT2D eigenvalue weighted by Crippen LogP contribution is 2.24. The molecule has 2 rings (SSSR count). The van der Waals surface area contributed by atoms with E-state index >= 15 is 0 Å². The van der Waals surface area contributed by atoms with Gasteiger partial charge in [0.2, 0.25) is 0 Å². The maximum Gasteiger partial charge on any atom is 0.132 e. The third kappa shape index (κ3) is 1.83. The Kier molecular flexibility index (Phi) is 2.67. The van der Waals surface area contributed by atoms with Crippen molar-refractivity contribution in [1.29, 1.82) is 0 Å². The molecule has 0 aliphatic heterocycles. The van der Waals surface area contributed by atoms with Gasteiger partial charge >= 0.3 is 0 Å². The Morgan fingerprint density at radius 3 is 2.93 bits per heavy atom. The lowest BCUT2D eigenvalue weighted by Crippen LogP contribution is -2.03. The molecule has 2 heterocycles. The zero-order valence-electron chi connectivity index (χ0n) is 8.82. The van der Waals surface area contributed by atoms with E-state index in [2.05, 4.69) is 15.3 Å². The summed E-state index contributed by atoms with van der Waals surface area (Å²) in [6, 6.07) is 1.89. The molecule has 0 spiro atoms. The number of hydrogen-bond acceptors (Lipinski definition) is 4. The van der Waals surface area contributed by atoms with Crippen LogP contribution in [-0.2, 0) is 0 Å². The number of nitrogens with zero attached hydrogens (tertiary/aromatic N) is 2. The minimum absolute atomic E-state index is 0.850. The molecular formula is C11H13N3O. The third-order valence-corrected chi connectivity index (χ3v) is 2.22. The predicted octanol–water partition coefficient (Wildman–Crippen LogP) is 2.48. The van der Waals surface area contributed by atoms with E-state index in [-0.39, 0.29) is 0 Å². The van der Waals surface area contributed by atoms with Crippen molar-refractivity contribution in [2.75, 3.05) is 11.9 Å².